The van der Waals surface area contributed by atoms with Crippen molar-refractivity contribution >= 4 is 44.3 Å². The number of nitrogens with one attached hydrogen (secondary N) is 2. The Hall–Kier alpha value is -2.22. The van der Waals surface area contributed by atoms with Crippen LogP contribution in [-0.2, 0) is 4.79 Å². The lowest BCUT2D eigenvalue weighted by Gasteiger charge is -2.18. The Morgan fingerprint density at radius 2 is 1.95 bits per heavy atom. The number of anilines is 1. The Morgan fingerprint density at radius 1 is 1.32 bits per heavy atom. The van der Waals surface area contributed by atoms with Crippen molar-refractivity contribution in [2.45, 2.75) is 20.8 Å². The van der Waals surface area contributed by atoms with E-state index in [1.807, 2.05) is 0 Å². The van der Waals surface area contributed by atoms with Crippen molar-refractivity contribution in [3.63, 3.8) is 0 Å². The van der Waals surface area contributed by atoms with Gasteiger partial charge in [0.25, 0.3) is 5.56 Å². The monoisotopic (exact) mass is 367 g/mol. The maximum absolute atomic E-state index is 12.1. The van der Waals surface area contributed by atoms with E-state index in [-0.39, 0.29) is 28.1 Å². The summed E-state index contributed by atoms with van der Waals surface area (Å²) in [6.45, 7) is 5.20. The molecule has 7 nitrogen and oxygen atoms in total. The van der Waals surface area contributed by atoms with Crippen molar-refractivity contribution in [1.29, 1.82) is 0 Å². The molecule has 1 heterocycles. The molecule has 0 saturated carbocycles. The number of H-pyrrole nitrogens is 1. The van der Waals surface area contributed by atoms with Gasteiger partial charge in [-0.15, -0.1) is 0 Å². The summed E-state index contributed by atoms with van der Waals surface area (Å²) in [6.07, 6.45) is 0. The van der Waals surface area contributed by atoms with Gasteiger partial charge in [0.05, 0.1) is 11.1 Å². The molecule has 1 aromatic carbocycles. The highest BCUT2D eigenvalue weighted by Crippen LogP contribution is 2.28. The molecule has 116 valence electrons. The molecule has 2 rings (SSSR count). The summed E-state index contributed by atoms with van der Waals surface area (Å²) in [5.41, 5.74) is -1.29. The van der Waals surface area contributed by atoms with Gasteiger partial charge in [-0.25, -0.2) is 9.89 Å². The quantitative estimate of drug-likeness (QED) is 0.754. The van der Waals surface area contributed by atoms with E-state index in [1.165, 1.54) is 6.07 Å². The van der Waals surface area contributed by atoms with Crippen LogP contribution in [0.2, 0.25) is 0 Å². The van der Waals surface area contributed by atoms with Crippen LogP contribution < -0.4 is 10.9 Å². The summed E-state index contributed by atoms with van der Waals surface area (Å²) in [6, 6.07) is 3.03. The summed E-state index contributed by atoms with van der Waals surface area (Å²) in [4.78, 5) is 35.4. The summed E-state index contributed by atoms with van der Waals surface area (Å²) in [5, 5.41) is 17.8. The molecule has 0 bridgehead atoms. The van der Waals surface area contributed by atoms with E-state index in [9.17, 15) is 19.5 Å². The molecule has 1 aromatic heterocycles. The van der Waals surface area contributed by atoms with Gasteiger partial charge in [0.2, 0.25) is 5.91 Å². The zero-order valence-corrected chi connectivity index (χ0v) is 13.7. The molecule has 0 aliphatic carbocycles. The Morgan fingerprint density at radius 3 is 2.50 bits per heavy atom. The van der Waals surface area contributed by atoms with Crippen LogP contribution in [0.5, 0.6) is 0 Å². The lowest BCUT2D eigenvalue weighted by atomic mass is 9.95. The van der Waals surface area contributed by atoms with E-state index in [4.69, 9.17) is 0 Å². The van der Waals surface area contributed by atoms with Gasteiger partial charge in [-0.1, -0.05) is 36.7 Å². The fraction of sp³-hybridized carbons (Fsp3) is 0.286. The molecular weight excluding hydrogens is 354 g/mol. The van der Waals surface area contributed by atoms with Crippen LogP contribution >= 0.6 is 15.9 Å². The molecule has 0 spiro atoms. The normalized spacial score (nSPS) is 11.5. The van der Waals surface area contributed by atoms with Crippen molar-refractivity contribution in [3.8, 4) is 0 Å². The lowest BCUT2D eigenvalue weighted by molar-refractivity contribution is -0.123. The second kappa shape index (κ2) is 5.53. The van der Waals surface area contributed by atoms with Crippen molar-refractivity contribution in [2.24, 2.45) is 5.41 Å². The second-order valence-electron chi connectivity index (χ2n) is 5.79. The average Bonchev–Trinajstić information content (AvgIpc) is 2.36. The number of rotatable bonds is 2. The smallest absolute Gasteiger partial charge is 0.356 e. The number of carboxylic acid groups (broad SMARTS) is 1. The maximum atomic E-state index is 12.1. The van der Waals surface area contributed by atoms with Crippen molar-refractivity contribution in [1.82, 2.24) is 10.2 Å². The van der Waals surface area contributed by atoms with Crippen LogP contribution in [0.15, 0.2) is 21.4 Å². The Bertz CT molecular complexity index is 836. The van der Waals surface area contributed by atoms with Crippen LogP contribution in [0, 0.1) is 5.41 Å². The number of carbonyl (C=O) groups excluding carboxylic acids is 1. The fourth-order valence-corrected chi connectivity index (χ4v) is 2.29. The van der Waals surface area contributed by atoms with E-state index < -0.39 is 16.9 Å². The number of halogens is 1. The summed E-state index contributed by atoms with van der Waals surface area (Å²) in [7, 11) is 0. The van der Waals surface area contributed by atoms with Gasteiger partial charge in [-0.2, -0.15) is 5.10 Å². The third-order valence-electron chi connectivity index (χ3n) is 2.99. The van der Waals surface area contributed by atoms with Gasteiger partial charge >= 0.3 is 5.97 Å². The number of aromatic carboxylic acids is 1. The maximum Gasteiger partial charge on any atom is 0.356 e. The van der Waals surface area contributed by atoms with Crippen LogP contribution in [0.25, 0.3) is 10.8 Å². The van der Waals surface area contributed by atoms with Crippen LogP contribution in [-0.4, -0.2) is 27.2 Å². The predicted molar refractivity (Wildman–Crippen MR) is 85.1 cm³/mol. The van der Waals surface area contributed by atoms with Crippen LogP contribution in [0.4, 0.5) is 5.69 Å². The molecule has 2 aromatic rings. The van der Waals surface area contributed by atoms with E-state index >= 15 is 0 Å². The van der Waals surface area contributed by atoms with Gasteiger partial charge in [0, 0.05) is 15.3 Å². The first-order chi connectivity index (χ1) is 10.1. The van der Waals surface area contributed by atoms with E-state index in [1.54, 1.807) is 26.8 Å². The van der Waals surface area contributed by atoms with E-state index in [2.05, 4.69) is 31.4 Å². The molecule has 0 atom stereocenters. The van der Waals surface area contributed by atoms with Crippen molar-refractivity contribution in [2.75, 3.05) is 5.32 Å². The third-order valence-corrected chi connectivity index (χ3v) is 3.44. The molecule has 0 radical (unpaired) electrons. The Labute approximate surface area is 133 Å². The fourth-order valence-electron chi connectivity index (χ4n) is 1.83. The summed E-state index contributed by atoms with van der Waals surface area (Å²) in [5.74, 6) is -1.56. The molecule has 3 N–H and O–H groups in total. The van der Waals surface area contributed by atoms with Gasteiger partial charge in [-0.3, -0.25) is 9.59 Å². The first-order valence-corrected chi connectivity index (χ1v) is 7.17. The number of hydrogen-bond acceptors (Lipinski definition) is 4. The average molecular weight is 368 g/mol. The van der Waals surface area contributed by atoms with Gasteiger partial charge in [-0.05, 0) is 12.1 Å². The highest BCUT2D eigenvalue weighted by atomic mass is 79.9. The lowest BCUT2D eigenvalue weighted by Crippen LogP contribution is -2.28. The zero-order chi connectivity index (χ0) is 16.7. The van der Waals surface area contributed by atoms with E-state index in [0.29, 0.717) is 4.47 Å². The molecular formula is C14H14BrN3O4. The molecule has 22 heavy (non-hydrogen) atoms. The molecule has 1 amide bonds. The number of aromatic amines is 1. The van der Waals surface area contributed by atoms with Crippen LogP contribution in [0.1, 0.15) is 31.3 Å². The molecule has 0 aliphatic rings. The molecule has 0 saturated heterocycles. The number of benzene rings is 1. The largest absolute Gasteiger partial charge is 0.476 e. The zero-order valence-electron chi connectivity index (χ0n) is 12.2. The van der Waals surface area contributed by atoms with Crippen molar-refractivity contribution < 1.29 is 14.7 Å². The highest BCUT2D eigenvalue weighted by molar-refractivity contribution is 9.10. The molecule has 0 fully saturated rings. The van der Waals surface area contributed by atoms with Crippen molar-refractivity contribution in [3.05, 3.63) is 32.7 Å². The topological polar surface area (TPSA) is 112 Å². The Balaban J connectivity index is 2.75. The minimum absolute atomic E-state index is 0.0770. The summed E-state index contributed by atoms with van der Waals surface area (Å²) >= 11 is 3.25. The number of amides is 1. The van der Waals surface area contributed by atoms with E-state index in [0.717, 1.165) is 0 Å². The number of hydrogen-bond donors (Lipinski definition) is 3. The first kappa shape index (κ1) is 16.2. The number of nitrogens with zero attached hydrogens (tertiary/aromatic N) is 1. The summed E-state index contributed by atoms with van der Waals surface area (Å²) < 4.78 is 0.527. The number of aromatic nitrogens is 2. The number of fused-ring (bicyclic) bond motifs is 1. The van der Waals surface area contributed by atoms with Crippen LogP contribution in [0.3, 0.4) is 0 Å². The SMILES string of the molecule is CC(C)(C)C(=O)Nc1cc(Br)cc2c(C(=O)O)n[nH]c(=O)c12. The minimum Gasteiger partial charge on any atom is -0.476 e. The standard InChI is InChI=1S/C14H14BrN3O4/c1-14(2,3)13(22)16-8-5-6(15)4-7-9(8)11(19)18-17-10(7)12(20)21/h4-5H,1-3H3,(H,16,22)(H,18,19)(H,20,21). The molecule has 0 aliphatic heterocycles. The molecule has 0 unspecified atom stereocenters. The molecule has 8 heteroatoms. The number of carbonyl (C=O) groups is 2. The second-order valence-corrected chi connectivity index (χ2v) is 6.70. The van der Waals surface area contributed by atoms with Gasteiger partial charge in [0.1, 0.15) is 0 Å². The third kappa shape index (κ3) is 3.01. The highest BCUT2D eigenvalue weighted by Gasteiger charge is 2.23. The Kier molecular flexibility index (Phi) is 4.06. The first-order valence-electron chi connectivity index (χ1n) is 6.38. The minimum atomic E-state index is -1.27. The predicted octanol–water partition coefficient (Wildman–Crippen LogP) is 2.37. The number of carboxylic acids is 1. The van der Waals surface area contributed by atoms with Gasteiger partial charge < -0.3 is 10.4 Å². The van der Waals surface area contributed by atoms with Gasteiger partial charge in [0.15, 0.2) is 5.69 Å².